The topological polar surface area (TPSA) is 41.6 Å². The largest absolute Gasteiger partial charge is 0.369 e. The predicted molar refractivity (Wildman–Crippen MR) is 71.0 cm³/mol. The highest BCUT2D eigenvalue weighted by atomic mass is 16.5. The van der Waals surface area contributed by atoms with Crippen LogP contribution in [0.2, 0.25) is 0 Å². The lowest BCUT2D eigenvalue weighted by Crippen LogP contribution is -2.50. The summed E-state index contributed by atoms with van der Waals surface area (Å²) in [7, 11) is 5.59. The summed E-state index contributed by atoms with van der Waals surface area (Å²) in [6, 6.07) is 0.173. The Hall–Kier alpha value is -0.610. The molecule has 0 rings (SSSR count). The van der Waals surface area contributed by atoms with Crippen LogP contribution in [0, 0.1) is 5.92 Å². The highest BCUT2D eigenvalue weighted by molar-refractivity contribution is 5.84. The van der Waals surface area contributed by atoms with Crippen LogP contribution in [0.25, 0.3) is 0 Å². The fourth-order valence-corrected chi connectivity index (χ4v) is 1.64. The first-order chi connectivity index (χ1) is 7.69. The van der Waals surface area contributed by atoms with E-state index in [0.29, 0.717) is 5.92 Å². The molecular weight excluding hydrogens is 216 g/mol. The number of rotatable bonds is 7. The maximum atomic E-state index is 12.0. The number of likely N-dealkylation sites (N-methyl/N-ethyl adjacent to an activating group) is 1. The van der Waals surface area contributed by atoms with Gasteiger partial charge in [-0.05, 0) is 40.3 Å². The van der Waals surface area contributed by atoms with Crippen LogP contribution in [-0.4, -0.2) is 50.2 Å². The second kappa shape index (κ2) is 6.97. The number of carbonyl (C=O) groups is 1. The van der Waals surface area contributed by atoms with Crippen molar-refractivity contribution in [3.63, 3.8) is 0 Å². The maximum Gasteiger partial charge on any atom is 0.251 e. The molecule has 0 saturated heterocycles. The summed E-state index contributed by atoms with van der Waals surface area (Å²) in [4.78, 5) is 14.1. The standard InChI is InChI=1S/C13H28N2O2/c1-10(2)8-11(9-15(5)6)14-12(16)13(3,4)17-7/h10-11H,8-9H2,1-7H3,(H,14,16). The zero-order chi connectivity index (χ0) is 13.6. The van der Waals surface area contributed by atoms with E-state index in [0.717, 1.165) is 13.0 Å². The number of carbonyl (C=O) groups excluding carboxylic acids is 1. The highest BCUT2D eigenvalue weighted by Crippen LogP contribution is 2.11. The first-order valence-corrected chi connectivity index (χ1v) is 6.20. The van der Waals surface area contributed by atoms with E-state index in [-0.39, 0.29) is 11.9 Å². The fraction of sp³-hybridized carbons (Fsp3) is 0.923. The molecule has 1 unspecified atom stereocenters. The first-order valence-electron chi connectivity index (χ1n) is 6.20. The Labute approximate surface area is 106 Å². The Morgan fingerprint density at radius 2 is 1.88 bits per heavy atom. The lowest BCUT2D eigenvalue weighted by Gasteiger charge is -2.28. The van der Waals surface area contributed by atoms with Crippen molar-refractivity contribution in [2.45, 2.75) is 45.8 Å². The molecule has 0 aromatic rings. The molecule has 0 aliphatic carbocycles. The number of hydrogen-bond acceptors (Lipinski definition) is 3. The number of hydrogen-bond donors (Lipinski definition) is 1. The Morgan fingerprint density at radius 1 is 1.35 bits per heavy atom. The molecule has 1 atom stereocenters. The van der Waals surface area contributed by atoms with Crippen molar-refractivity contribution in [3.05, 3.63) is 0 Å². The Balaban J connectivity index is 4.47. The summed E-state index contributed by atoms with van der Waals surface area (Å²) in [5, 5.41) is 3.07. The van der Waals surface area contributed by atoms with E-state index in [1.54, 1.807) is 21.0 Å². The van der Waals surface area contributed by atoms with Crippen molar-refractivity contribution in [2.75, 3.05) is 27.7 Å². The molecule has 0 aromatic heterocycles. The number of methoxy groups -OCH3 is 1. The maximum absolute atomic E-state index is 12.0. The van der Waals surface area contributed by atoms with Crippen molar-refractivity contribution in [2.24, 2.45) is 5.92 Å². The van der Waals surface area contributed by atoms with Crippen molar-refractivity contribution in [1.29, 1.82) is 0 Å². The average molecular weight is 244 g/mol. The second-order valence-corrected chi connectivity index (χ2v) is 5.78. The molecule has 4 heteroatoms. The lowest BCUT2D eigenvalue weighted by atomic mass is 10.0. The van der Waals surface area contributed by atoms with Gasteiger partial charge in [-0.15, -0.1) is 0 Å². The number of nitrogens with one attached hydrogen (secondary N) is 1. The number of nitrogens with zero attached hydrogens (tertiary/aromatic N) is 1. The van der Waals surface area contributed by atoms with E-state index in [1.807, 2.05) is 14.1 Å². The molecule has 0 radical (unpaired) electrons. The minimum absolute atomic E-state index is 0.0486. The smallest absolute Gasteiger partial charge is 0.251 e. The lowest BCUT2D eigenvalue weighted by molar-refractivity contribution is -0.140. The molecule has 0 aliphatic rings. The minimum Gasteiger partial charge on any atom is -0.369 e. The minimum atomic E-state index is -0.762. The molecule has 0 heterocycles. The molecule has 102 valence electrons. The summed E-state index contributed by atoms with van der Waals surface area (Å²) < 4.78 is 5.18. The summed E-state index contributed by atoms with van der Waals surface area (Å²) in [6.07, 6.45) is 0.976. The van der Waals surface area contributed by atoms with E-state index in [2.05, 4.69) is 24.1 Å². The second-order valence-electron chi connectivity index (χ2n) is 5.78. The Bertz CT molecular complexity index is 228. The van der Waals surface area contributed by atoms with Gasteiger partial charge in [-0.3, -0.25) is 4.79 Å². The Kier molecular flexibility index (Phi) is 6.72. The van der Waals surface area contributed by atoms with E-state index in [9.17, 15) is 4.79 Å². The number of amides is 1. The molecule has 0 bridgehead atoms. The van der Waals surface area contributed by atoms with Gasteiger partial charge in [0.1, 0.15) is 5.60 Å². The van der Waals surface area contributed by atoms with Crippen LogP contribution in [0.3, 0.4) is 0 Å². The van der Waals surface area contributed by atoms with Crippen molar-refractivity contribution >= 4 is 5.91 Å². The molecule has 0 fully saturated rings. The highest BCUT2D eigenvalue weighted by Gasteiger charge is 2.29. The van der Waals surface area contributed by atoms with Crippen molar-refractivity contribution in [1.82, 2.24) is 10.2 Å². The summed E-state index contributed by atoms with van der Waals surface area (Å²) in [5.74, 6) is 0.512. The third-order valence-corrected chi connectivity index (χ3v) is 2.73. The van der Waals surface area contributed by atoms with Crippen LogP contribution in [-0.2, 0) is 9.53 Å². The summed E-state index contributed by atoms with van der Waals surface area (Å²) in [6.45, 7) is 8.74. The predicted octanol–water partition coefficient (Wildman–Crippen LogP) is 1.50. The molecular formula is C13H28N2O2. The average Bonchev–Trinajstić information content (AvgIpc) is 2.15. The molecule has 1 N–H and O–H groups in total. The van der Waals surface area contributed by atoms with Crippen molar-refractivity contribution < 1.29 is 9.53 Å². The summed E-state index contributed by atoms with van der Waals surface area (Å²) in [5.41, 5.74) is -0.762. The van der Waals surface area contributed by atoms with E-state index < -0.39 is 5.60 Å². The third kappa shape index (κ3) is 6.64. The van der Waals surface area contributed by atoms with Gasteiger partial charge < -0.3 is 15.0 Å². The van der Waals surface area contributed by atoms with Gasteiger partial charge in [-0.1, -0.05) is 13.8 Å². The van der Waals surface area contributed by atoms with E-state index >= 15 is 0 Å². The molecule has 0 saturated carbocycles. The van der Waals surface area contributed by atoms with E-state index in [1.165, 1.54) is 0 Å². The van der Waals surface area contributed by atoms with Crippen LogP contribution in [0.1, 0.15) is 34.1 Å². The van der Waals surface area contributed by atoms with Crippen LogP contribution in [0.5, 0.6) is 0 Å². The van der Waals surface area contributed by atoms with Crippen molar-refractivity contribution in [3.8, 4) is 0 Å². The van der Waals surface area contributed by atoms with Gasteiger partial charge in [0.15, 0.2) is 0 Å². The first kappa shape index (κ1) is 16.4. The number of ether oxygens (including phenoxy) is 1. The van der Waals surface area contributed by atoms with Crippen LogP contribution in [0.15, 0.2) is 0 Å². The van der Waals surface area contributed by atoms with Crippen LogP contribution >= 0.6 is 0 Å². The quantitative estimate of drug-likeness (QED) is 0.738. The fourth-order valence-electron chi connectivity index (χ4n) is 1.64. The van der Waals surface area contributed by atoms with Gasteiger partial charge in [0.05, 0.1) is 0 Å². The monoisotopic (exact) mass is 244 g/mol. The van der Waals surface area contributed by atoms with Gasteiger partial charge >= 0.3 is 0 Å². The van der Waals surface area contributed by atoms with Gasteiger partial charge in [-0.25, -0.2) is 0 Å². The molecule has 0 aromatic carbocycles. The molecule has 17 heavy (non-hydrogen) atoms. The van der Waals surface area contributed by atoms with Gasteiger partial charge in [0, 0.05) is 19.7 Å². The zero-order valence-electron chi connectivity index (χ0n) is 12.3. The van der Waals surface area contributed by atoms with E-state index in [4.69, 9.17) is 4.74 Å². The normalized spacial score (nSPS) is 14.2. The molecule has 0 aliphatic heterocycles. The molecule has 1 amide bonds. The van der Waals surface area contributed by atoms with Gasteiger partial charge in [-0.2, -0.15) is 0 Å². The van der Waals surface area contributed by atoms with Crippen LogP contribution in [0.4, 0.5) is 0 Å². The summed E-state index contributed by atoms with van der Waals surface area (Å²) >= 11 is 0. The van der Waals surface area contributed by atoms with Gasteiger partial charge in [0.25, 0.3) is 5.91 Å². The van der Waals surface area contributed by atoms with Gasteiger partial charge in [0.2, 0.25) is 0 Å². The molecule has 4 nitrogen and oxygen atoms in total. The van der Waals surface area contributed by atoms with Crippen LogP contribution < -0.4 is 5.32 Å². The Morgan fingerprint density at radius 3 is 2.24 bits per heavy atom. The third-order valence-electron chi connectivity index (χ3n) is 2.73. The molecule has 0 spiro atoms. The SMILES string of the molecule is COC(C)(C)C(=O)NC(CC(C)C)CN(C)C. The zero-order valence-corrected chi connectivity index (χ0v) is 12.3.